The molecule has 5 saturated heterocycles. The lowest BCUT2D eigenvalue weighted by atomic mass is 10.0. The van der Waals surface area contributed by atoms with E-state index < -0.39 is 174 Å². The van der Waals surface area contributed by atoms with E-state index in [9.17, 15) is 76.3 Å². The second-order valence-corrected chi connectivity index (χ2v) is 13.7. The van der Waals surface area contributed by atoms with E-state index in [0.29, 0.717) is 0 Å². The van der Waals surface area contributed by atoms with Crippen molar-refractivity contribution >= 4 is 6.29 Å². The molecule has 5 fully saturated rings. The van der Waals surface area contributed by atoms with Gasteiger partial charge in [0.15, 0.2) is 37.7 Å². The zero-order chi connectivity index (χ0) is 40.3. The van der Waals surface area contributed by atoms with Crippen LogP contribution in [0.1, 0.15) is 0 Å². The molecule has 55 heavy (non-hydrogen) atoms. The number of hydrogen-bond donors (Lipinski definition) is 14. The van der Waals surface area contributed by atoms with E-state index in [1.165, 1.54) is 0 Å². The summed E-state index contributed by atoms with van der Waals surface area (Å²) in [6.45, 7) is -3.18. The first kappa shape index (κ1) is 44.8. The Balaban J connectivity index is 1.06. The Morgan fingerprint density at radius 3 is 1.13 bits per heavy atom. The van der Waals surface area contributed by atoms with Crippen molar-refractivity contribution in [2.75, 3.05) is 39.6 Å². The minimum atomic E-state index is -1.92. The minimum absolute atomic E-state index is 0.000715. The van der Waals surface area contributed by atoms with Gasteiger partial charge in [0.05, 0.1) is 39.6 Å². The lowest BCUT2D eigenvalue weighted by Gasteiger charge is -2.45. The van der Waals surface area contributed by atoms with Gasteiger partial charge in [-0.3, -0.25) is 0 Å². The molecule has 0 aromatic carbocycles. The fraction of sp³-hybridized carbons (Fsp3) is 0.967. The predicted octanol–water partition coefficient (Wildman–Crippen LogP) is -10.4. The second kappa shape index (κ2) is 19.6. The van der Waals surface area contributed by atoms with Gasteiger partial charge in [-0.2, -0.15) is 0 Å². The highest BCUT2D eigenvalue weighted by Gasteiger charge is 2.51. The molecule has 0 bridgehead atoms. The minimum Gasteiger partial charge on any atom is -0.394 e. The van der Waals surface area contributed by atoms with Crippen molar-refractivity contribution in [2.24, 2.45) is 0 Å². The highest BCUT2D eigenvalue weighted by molar-refractivity contribution is 5.56. The molecule has 0 aliphatic carbocycles. The number of aldehydes is 1. The normalized spacial score (nSPS) is 48.8. The summed E-state index contributed by atoms with van der Waals surface area (Å²) in [4.78, 5) is 10.8. The number of aliphatic hydroxyl groups excluding tert-OH is 14. The highest BCUT2D eigenvalue weighted by Crippen LogP contribution is 2.30. The Labute approximate surface area is 311 Å². The van der Waals surface area contributed by atoms with Gasteiger partial charge < -0.3 is 124 Å². The Morgan fingerprint density at radius 2 is 0.782 bits per heavy atom. The van der Waals surface area contributed by atoms with Crippen LogP contribution in [0.5, 0.6) is 0 Å². The fourth-order valence-corrected chi connectivity index (χ4v) is 6.32. The first-order chi connectivity index (χ1) is 26.1. The molecule has 0 aromatic rings. The molecule has 23 atom stereocenters. The Kier molecular flexibility index (Phi) is 16.0. The largest absolute Gasteiger partial charge is 0.394 e. The smallest absolute Gasteiger partial charge is 0.186 e. The van der Waals surface area contributed by atoms with Crippen LogP contribution in [0.25, 0.3) is 0 Å². The third-order valence-electron chi connectivity index (χ3n) is 9.79. The first-order valence-corrected chi connectivity index (χ1v) is 17.3. The third-order valence-corrected chi connectivity index (χ3v) is 9.79. The fourth-order valence-electron chi connectivity index (χ4n) is 6.32. The molecule has 0 spiro atoms. The maximum absolute atomic E-state index is 10.8. The predicted molar refractivity (Wildman–Crippen MR) is 164 cm³/mol. The van der Waals surface area contributed by atoms with Crippen LogP contribution >= 0.6 is 0 Å². The van der Waals surface area contributed by atoms with Crippen molar-refractivity contribution < 1.29 is 124 Å². The van der Waals surface area contributed by atoms with Crippen LogP contribution in [-0.4, -0.2) is 259 Å². The van der Waals surface area contributed by atoms with Gasteiger partial charge in [0.25, 0.3) is 0 Å². The quantitative estimate of drug-likeness (QED) is 0.0724. The molecule has 14 N–H and O–H groups in total. The maximum Gasteiger partial charge on any atom is 0.186 e. The molecule has 320 valence electrons. The van der Waals surface area contributed by atoms with Crippen LogP contribution in [0.2, 0.25) is 0 Å². The van der Waals surface area contributed by atoms with E-state index in [1.807, 2.05) is 0 Å². The van der Waals surface area contributed by atoms with E-state index in [0.717, 1.165) is 0 Å². The van der Waals surface area contributed by atoms with Crippen molar-refractivity contribution in [3.8, 4) is 0 Å². The molecule has 5 heterocycles. The molecule has 5 rings (SSSR count). The summed E-state index contributed by atoms with van der Waals surface area (Å²) >= 11 is 0. The maximum atomic E-state index is 10.8. The van der Waals surface area contributed by atoms with Crippen molar-refractivity contribution in [2.45, 2.75) is 141 Å². The number of carbonyl (C=O) groups is 1. The van der Waals surface area contributed by atoms with Crippen LogP contribution in [-0.2, 0) is 52.2 Å². The van der Waals surface area contributed by atoms with Gasteiger partial charge in [0.2, 0.25) is 0 Å². The van der Waals surface area contributed by atoms with E-state index in [1.54, 1.807) is 0 Å². The number of ether oxygens (including phenoxy) is 10. The summed E-state index contributed by atoms with van der Waals surface area (Å²) in [7, 11) is 0. The lowest BCUT2D eigenvalue weighted by molar-refractivity contribution is -0.363. The molecule has 0 amide bonds. The molecule has 5 aliphatic heterocycles. The van der Waals surface area contributed by atoms with Gasteiger partial charge >= 0.3 is 0 Å². The second-order valence-electron chi connectivity index (χ2n) is 13.7. The van der Waals surface area contributed by atoms with Gasteiger partial charge in [-0.15, -0.1) is 0 Å². The number of hydrogen-bond acceptors (Lipinski definition) is 25. The summed E-state index contributed by atoms with van der Waals surface area (Å²) in [5, 5.41) is 144. The molecular formula is C30H50O25. The van der Waals surface area contributed by atoms with Gasteiger partial charge in [-0.25, -0.2) is 0 Å². The van der Waals surface area contributed by atoms with E-state index in [2.05, 4.69) is 0 Å². The number of aliphatic hydroxyl groups is 14. The summed E-state index contributed by atoms with van der Waals surface area (Å²) < 4.78 is 54.1. The Hall–Kier alpha value is -1.29. The van der Waals surface area contributed by atoms with Crippen molar-refractivity contribution in [3.05, 3.63) is 0 Å². The summed E-state index contributed by atoms with van der Waals surface area (Å²) in [6, 6.07) is 0. The molecule has 23 unspecified atom stereocenters. The highest BCUT2D eigenvalue weighted by atomic mass is 16.8. The average Bonchev–Trinajstić information content (AvgIpc) is 3.17. The summed E-state index contributed by atoms with van der Waals surface area (Å²) in [6.07, 6.45) is -37.7. The summed E-state index contributed by atoms with van der Waals surface area (Å²) in [5.74, 6) is 0. The topological polar surface area (TPSA) is 393 Å². The SMILES string of the molecule is O=CC(O)C(O)C(CO)OC1OCC(OC2OCC(OC3OCC(OC4OCC(OC5OCC(O)C(O)C5O)C(O)C4O)C(O)C3O)C(O)C2O)C(O)C1O. The van der Waals surface area contributed by atoms with Gasteiger partial charge in [-0.1, -0.05) is 0 Å². The average molecular weight is 811 g/mol. The van der Waals surface area contributed by atoms with Crippen LogP contribution in [0.3, 0.4) is 0 Å². The summed E-state index contributed by atoms with van der Waals surface area (Å²) in [5.41, 5.74) is 0. The Bertz CT molecular complexity index is 1190. The first-order valence-electron chi connectivity index (χ1n) is 17.3. The number of carbonyl (C=O) groups excluding carboxylic acids is 1. The van der Waals surface area contributed by atoms with E-state index in [4.69, 9.17) is 47.4 Å². The zero-order valence-corrected chi connectivity index (χ0v) is 28.9. The molecular weight excluding hydrogens is 760 g/mol. The van der Waals surface area contributed by atoms with Gasteiger partial charge in [0, 0.05) is 0 Å². The molecule has 5 aliphatic rings. The lowest BCUT2D eigenvalue weighted by Crippen LogP contribution is -2.63. The van der Waals surface area contributed by atoms with Crippen molar-refractivity contribution in [1.82, 2.24) is 0 Å². The molecule has 0 radical (unpaired) electrons. The Morgan fingerprint density at radius 1 is 0.473 bits per heavy atom. The van der Waals surface area contributed by atoms with Crippen LogP contribution in [0.4, 0.5) is 0 Å². The van der Waals surface area contributed by atoms with Crippen LogP contribution in [0, 0.1) is 0 Å². The zero-order valence-electron chi connectivity index (χ0n) is 28.9. The molecule has 0 saturated carbocycles. The monoisotopic (exact) mass is 810 g/mol. The standard InChI is InChI=1S/C30H50O25/c31-1-8(33)15(35)10(2-32)51-27-22(42)17(37)12(4-47-27)53-29-24(44)19(39)14(6-49-29)55-30-25(45)20(40)13(7-50-30)54-28-23(43)18(38)11(5-48-28)52-26-21(41)16(36)9(34)3-46-26/h1,8-30,32-45H,2-7H2. The third kappa shape index (κ3) is 10.1. The van der Waals surface area contributed by atoms with Crippen molar-refractivity contribution in [1.29, 1.82) is 0 Å². The molecule has 25 nitrogen and oxygen atoms in total. The van der Waals surface area contributed by atoms with Gasteiger partial charge in [-0.05, 0) is 0 Å². The molecule has 25 heteroatoms. The van der Waals surface area contributed by atoms with E-state index in [-0.39, 0.29) is 12.9 Å². The van der Waals surface area contributed by atoms with E-state index >= 15 is 0 Å². The molecule has 0 aromatic heterocycles. The van der Waals surface area contributed by atoms with Crippen LogP contribution < -0.4 is 0 Å². The van der Waals surface area contributed by atoms with Gasteiger partial charge in [0.1, 0.15) is 110 Å². The van der Waals surface area contributed by atoms with Crippen molar-refractivity contribution in [3.63, 3.8) is 0 Å². The van der Waals surface area contributed by atoms with Crippen LogP contribution in [0.15, 0.2) is 0 Å². The number of rotatable bonds is 14.